The van der Waals surface area contributed by atoms with Crippen LogP contribution >= 0.6 is 0 Å². The Hall–Kier alpha value is -3.94. The van der Waals surface area contributed by atoms with E-state index in [0.29, 0.717) is 23.6 Å². The summed E-state index contributed by atoms with van der Waals surface area (Å²) >= 11 is 0. The first-order valence-electron chi connectivity index (χ1n) is 9.53. The predicted molar refractivity (Wildman–Crippen MR) is 114 cm³/mol. The molecule has 2 heterocycles. The van der Waals surface area contributed by atoms with Crippen molar-refractivity contribution >= 4 is 17.1 Å². The highest BCUT2D eigenvalue weighted by Gasteiger charge is 2.21. The van der Waals surface area contributed by atoms with Crippen LogP contribution in [0.1, 0.15) is 28.5 Å². The first-order valence-corrected chi connectivity index (χ1v) is 9.53. The Balaban J connectivity index is 2.05. The van der Waals surface area contributed by atoms with Crippen LogP contribution in [-0.2, 0) is 0 Å². The molecule has 8 heteroatoms. The topological polar surface area (TPSA) is 116 Å². The molecule has 30 heavy (non-hydrogen) atoms. The molecule has 0 bridgehead atoms. The van der Waals surface area contributed by atoms with E-state index >= 15 is 0 Å². The van der Waals surface area contributed by atoms with Gasteiger partial charge in [0, 0.05) is 0 Å². The monoisotopic (exact) mass is 403 g/mol. The van der Waals surface area contributed by atoms with Crippen LogP contribution < -0.4 is 16.2 Å². The van der Waals surface area contributed by atoms with Gasteiger partial charge >= 0.3 is 5.69 Å². The number of nitrogens with zero attached hydrogens (tertiary/aromatic N) is 3. The third-order valence-electron chi connectivity index (χ3n) is 4.95. The van der Waals surface area contributed by atoms with Gasteiger partial charge in [-0.15, -0.1) is 0 Å². The zero-order valence-corrected chi connectivity index (χ0v) is 16.9. The van der Waals surface area contributed by atoms with Crippen LogP contribution in [0.25, 0.3) is 28.2 Å². The molecule has 0 saturated heterocycles. The van der Waals surface area contributed by atoms with E-state index in [9.17, 15) is 9.59 Å². The van der Waals surface area contributed by atoms with Crippen LogP contribution in [0.15, 0.2) is 47.3 Å². The summed E-state index contributed by atoms with van der Waals surface area (Å²) in [6.45, 7) is 6.29. The molecule has 4 aromatic rings. The van der Waals surface area contributed by atoms with Gasteiger partial charge in [0.1, 0.15) is 11.3 Å². The number of hydrogen-bond acceptors (Lipinski definition) is 5. The molecule has 8 nitrogen and oxygen atoms in total. The van der Waals surface area contributed by atoms with Crippen molar-refractivity contribution in [1.29, 1.82) is 0 Å². The summed E-state index contributed by atoms with van der Waals surface area (Å²) in [6, 6.07) is 12.9. The van der Waals surface area contributed by atoms with Crippen LogP contribution in [0.2, 0.25) is 0 Å². The lowest BCUT2D eigenvalue weighted by molar-refractivity contribution is 0.0997. The molecule has 0 unspecified atom stereocenters. The Morgan fingerprint density at radius 2 is 1.90 bits per heavy atom. The molecular formula is C22H21N5O3. The van der Waals surface area contributed by atoms with Crippen molar-refractivity contribution in [2.45, 2.75) is 20.8 Å². The van der Waals surface area contributed by atoms with Crippen LogP contribution in [-0.4, -0.2) is 32.0 Å². The van der Waals surface area contributed by atoms with Crippen molar-refractivity contribution in [3.8, 4) is 22.8 Å². The fourth-order valence-corrected chi connectivity index (χ4v) is 3.32. The van der Waals surface area contributed by atoms with Crippen molar-refractivity contribution in [1.82, 2.24) is 19.5 Å². The third kappa shape index (κ3) is 3.22. The number of aromatic nitrogens is 4. The Morgan fingerprint density at radius 1 is 1.13 bits per heavy atom. The number of carbonyl (C=O) groups excluding carboxylic acids is 1. The maximum absolute atomic E-state index is 12.8. The molecular weight excluding hydrogens is 382 g/mol. The Labute approximate surface area is 172 Å². The molecule has 3 N–H and O–H groups in total. The summed E-state index contributed by atoms with van der Waals surface area (Å²) in [5.41, 5.74) is 8.92. The van der Waals surface area contributed by atoms with Crippen molar-refractivity contribution in [3.63, 3.8) is 0 Å². The van der Waals surface area contributed by atoms with Gasteiger partial charge in [-0.1, -0.05) is 18.2 Å². The lowest BCUT2D eigenvalue weighted by Gasteiger charge is -2.11. The number of H-pyrrole nitrogens is 1. The number of para-hydroxylation sites is 1. The molecule has 0 fully saturated rings. The van der Waals surface area contributed by atoms with Gasteiger partial charge < -0.3 is 15.5 Å². The van der Waals surface area contributed by atoms with Gasteiger partial charge in [0.15, 0.2) is 17.2 Å². The highest BCUT2D eigenvalue weighted by Crippen LogP contribution is 2.29. The van der Waals surface area contributed by atoms with Crippen molar-refractivity contribution < 1.29 is 9.53 Å². The van der Waals surface area contributed by atoms with Crippen LogP contribution in [0.4, 0.5) is 0 Å². The van der Waals surface area contributed by atoms with E-state index in [-0.39, 0.29) is 22.7 Å². The van der Waals surface area contributed by atoms with Gasteiger partial charge in [-0.2, -0.15) is 0 Å². The molecule has 1 amide bonds. The van der Waals surface area contributed by atoms with Gasteiger partial charge in [-0.3, -0.25) is 4.79 Å². The molecule has 0 atom stereocenters. The zero-order valence-electron chi connectivity index (χ0n) is 16.9. The number of rotatable bonds is 5. The van der Waals surface area contributed by atoms with Crippen LogP contribution in [0.5, 0.6) is 5.75 Å². The normalized spacial score (nSPS) is 11.0. The molecule has 0 aliphatic heterocycles. The quantitative estimate of drug-likeness (QED) is 0.531. The molecule has 0 saturated carbocycles. The number of benzene rings is 2. The summed E-state index contributed by atoms with van der Waals surface area (Å²) < 4.78 is 7.10. The average Bonchev–Trinajstić information content (AvgIpc) is 3.05. The summed E-state index contributed by atoms with van der Waals surface area (Å²) in [6.07, 6.45) is 0. The number of imidazole rings is 1. The Kier molecular flexibility index (Phi) is 4.83. The van der Waals surface area contributed by atoms with Crippen molar-refractivity contribution in [3.05, 3.63) is 69.8 Å². The Bertz CT molecular complexity index is 1340. The number of ether oxygens (including phenoxy) is 1. The number of nitrogens with two attached hydrogens (primary N) is 1. The fraction of sp³-hybridized carbons (Fsp3) is 0.182. The lowest BCUT2D eigenvalue weighted by atomic mass is 10.1. The first-order chi connectivity index (χ1) is 14.4. The molecule has 0 aliphatic rings. The number of primary amides is 1. The number of amides is 1. The number of aromatic amines is 1. The van der Waals surface area contributed by atoms with Crippen molar-refractivity contribution in [2.24, 2.45) is 5.73 Å². The number of hydrogen-bond donors (Lipinski definition) is 2. The molecule has 2 aromatic carbocycles. The minimum atomic E-state index is -0.758. The molecule has 0 radical (unpaired) electrons. The number of fused-ring (bicyclic) bond motifs is 1. The number of carbonyl (C=O) groups is 1. The van der Waals surface area contributed by atoms with E-state index in [1.54, 1.807) is 12.1 Å². The highest BCUT2D eigenvalue weighted by molar-refractivity contribution is 6.02. The SMILES string of the molecule is CCOc1ccccc1-c1nc(C(N)=O)c2[nH]c(=O)n(-c3ccc(C)c(C)c3)c2n1. The molecule has 2 aromatic heterocycles. The van der Waals surface area contributed by atoms with E-state index in [2.05, 4.69) is 15.0 Å². The third-order valence-corrected chi connectivity index (χ3v) is 4.95. The second kappa shape index (κ2) is 7.47. The Morgan fingerprint density at radius 3 is 2.60 bits per heavy atom. The van der Waals surface area contributed by atoms with Crippen molar-refractivity contribution in [2.75, 3.05) is 6.61 Å². The lowest BCUT2D eigenvalue weighted by Crippen LogP contribution is -2.15. The minimum absolute atomic E-state index is 0.0546. The van der Waals surface area contributed by atoms with Gasteiger partial charge in [-0.25, -0.2) is 19.3 Å². The molecule has 0 spiro atoms. The molecule has 4 rings (SSSR count). The van der Waals surface area contributed by atoms with E-state index in [1.165, 1.54) is 4.57 Å². The highest BCUT2D eigenvalue weighted by atomic mass is 16.5. The van der Waals surface area contributed by atoms with E-state index < -0.39 is 11.6 Å². The van der Waals surface area contributed by atoms with E-state index in [4.69, 9.17) is 10.5 Å². The van der Waals surface area contributed by atoms with Gasteiger partial charge in [0.2, 0.25) is 0 Å². The second-order valence-electron chi connectivity index (χ2n) is 6.92. The predicted octanol–water partition coefficient (Wildman–Crippen LogP) is 2.89. The summed E-state index contributed by atoms with van der Waals surface area (Å²) in [7, 11) is 0. The average molecular weight is 403 g/mol. The second-order valence-corrected chi connectivity index (χ2v) is 6.92. The molecule has 152 valence electrons. The summed E-state index contributed by atoms with van der Waals surface area (Å²) in [4.78, 5) is 36.6. The largest absolute Gasteiger partial charge is 0.493 e. The zero-order chi connectivity index (χ0) is 21.4. The van der Waals surface area contributed by atoms with Gasteiger partial charge in [0.25, 0.3) is 5.91 Å². The number of nitrogens with one attached hydrogen (secondary N) is 1. The number of aryl methyl sites for hydroxylation is 2. The maximum atomic E-state index is 12.8. The maximum Gasteiger partial charge on any atom is 0.332 e. The minimum Gasteiger partial charge on any atom is -0.493 e. The molecule has 0 aliphatic carbocycles. The van der Waals surface area contributed by atoms with Gasteiger partial charge in [0.05, 0.1) is 17.9 Å². The first kappa shape index (κ1) is 19.4. The van der Waals surface area contributed by atoms with E-state index in [1.807, 2.05) is 51.1 Å². The summed E-state index contributed by atoms with van der Waals surface area (Å²) in [5.74, 6) is 0.0633. The van der Waals surface area contributed by atoms with Crippen LogP contribution in [0.3, 0.4) is 0 Å². The standard InChI is InChI=1S/C22H21N5O3/c1-4-30-16-8-6-5-7-15(16)20-24-17(19(23)28)18-21(26-20)27(22(29)25-18)14-10-9-12(2)13(3)11-14/h5-11H,4H2,1-3H3,(H2,23,28)(H,25,29). The smallest absolute Gasteiger partial charge is 0.332 e. The summed E-state index contributed by atoms with van der Waals surface area (Å²) in [5, 5.41) is 0. The fourth-order valence-electron chi connectivity index (χ4n) is 3.32. The van der Waals surface area contributed by atoms with Gasteiger partial charge in [-0.05, 0) is 56.2 Å². The van der Waals surface area contributed by atoms with E-state index in [0.717, 1.165) is 11.1 Å². The van der Waals surface area contributed by atoms with Crippen LogP contribution in [0, 0.1) is 13.8 Å².